The summed E-state index contributed by atoms with van der Waals surface area (Å²) in [6.07, 6.45) is 0.901. The number of benzene rings is 2. The van der Waals surface area contributed by atoms with Crippen LogP contribution in [0, 0.1) is 0 Å². The molecule has 0 aliphatic carbocycles. The van der Waals surface area contributed by atoms with Crippen molar-refractivity contribution in [3.05, 3.63) is 79.4 Å². The number of halogens is 1. The van der Waals surface area contributed by atoms with Crippen molar-refractivity contribution in [2.75, 3.05) is 0 Å². The Kier molecular flexibility index (Phi) is 5.91. The molecule has 0 fully saturated rings. The number of carbonyl (C=O) groups is 1. The second-order valence-electron chi connectivity index (χ2n) is 6.26. The Hall–Kier alpha value is -2.67. The lowest BCUT2D eigenvalue weighted by molar-refractivity contribution is -0.122. The van der Waals surface area contributed by atoms with E-state index in [4.69, 9.17) is 0 Å². The van der Waals surface area contributed by atoms with Crippen molar-refractivity contribution in [1.29, 1.82) is 0 Å². The van der Waals surface area contributed by atoms with Crippen LogP contribution in [-0.4, -0.2) is 15.5 Å². The minimum atomic E-state index is -0.508. The zero-order valence-corrected chi connectivity index (χ0v) is 16.5. The summed E-state index contributed by atoms with van der Waals surface area (Å²) in [5, 5.41) is 3.44. The molecule has 1 atom stereocenters. The van der Waals surface area contributed by atoms with E-state index in [1.54, 1.807) is 24.3 Å². The van der Waals surface area contributed by atoms with E-state index in [0.29, 0.717) is 10.9 Å². The van der Waals surface area contributed by atoms with Gasteiger partial charge >= 0.3 is 5.69 Å². The summed E-state index contributed by atoms with van der Waals surface area (Å²) >= 11 is 3.40. The van der Waals surface area contributed by atoms with E-state index in [1.807, 2.05) is 31.2 Å². The maximum absolute atomic E-state index is 12.4. The molecule has 3 rings (SSSR count). The van der Waals surface area contributed by atoms with Gasteiger partial charge in [0.15, 0.2) is 0 Å². The number of H-pyrrole nitrogens is 1. The zero-order valence-electron chi connectivity index (χ0n) is 14.9. The van der Waals surface area contributed by atoms with Crippen molar-refractivity contribution >= 4 is 32.7 Å². The molecule has 7 heteroatoms. The summed E-state index contributed by atoms with van der Waals surface area (Å²) in [7, 11) is 0. The fraction of sp³-hybridized carbons (Fsp3) is 0.250. The molecule has 0 radical (unpaired) electrons. The van der Waals surface area contributed by atoms with E-state index >= 15 is 0 Å². The molecule has 3 aromatic rings. The highest BCUT2D eigenvalue weighted by Gasteiger charge is 2.14. The predicted octanol–water partition coefficient (Wildman–Crippen LogP) is 3.11. The van der Waals surface area contributed by atoms with Gasteiger partial charge < -0.3 is 5.32 Å². The number of amides is 1. The second-order valence-corrected chi connectivity index (χ2v) is 7.17. The van der Waals surface area contributed by atoms with Gasteiger partial charge in [-0.05, 0) is 36.2 Å². The summed E-state index contributed by atoms with van der Waals surface area (Å²) < 4.78 is 2.41. The van der Waals surface area contributed by atoms with E-state index in [-0.39, 0.29) is 24.9 Å². The second kappa shape index (κ2) is 8.35. The molecule has 0 saturated heterocycles. The third kappa shape index (κ3) is 4.36. The number of aryl methyl sites for hydroxylation is 1. The summed E-state index contributed by atoms with van der Waals surface area (Å²) in [5.41, 5.74) is 0.628. The van der Waals surface area contributed by atoms with Gasteiger partial charge in [-0.15, -0.1) is 0 Å². The summed E-state index contributed by atoms with van der Waals surface area (Å²) in [5.74, 6) is -0.146. The smallest absolute Gasteiger partial charge is 0.328 e. The van der Waals surface area contributed by atoms with Crippen LogP contribution in [-0.2, 0) is 11.3 Å². The highest BCUT2D eigenvalue weighted by molar-refractivity contribution is 9.10. The Morgan fingerprint density at radius 2 is 1.85 bits per heavy atom. The first-order valence-corrected chi connectivity index (χ1v) is 9.55. The monoisotopic (exact) mass is 429 g/mol. The molecule has 140 valence electrons. The molecule has 1 heterocycles. The normalized spacial score (nSPS) is 12.1. The van der Waals surface area contributed by atoms with Crippen LogP contribution in [0.25, 0.3) is 10.9 Å². The summed E-state index contributed by atoms with van der Waals surface area (Å²) in [4.78, 5) is 38.8. The third-order valence-corrected chi connectivity index (χ3v) is 5.01. The number of carbonyl (C=O) groups excluding carboxylic acids is 1. The van der Waals surface area contributed by atoms with Crippen molar-refractivity contribution in [2.45, 2.75) is 32.4 Å². The number of fused-ring (bicyclic) bond motifs is 1. The molecule has 6 nitrogen and oxygen atoms in total. The van der Waals surface area contributed by atoms with E-state index in [1.165, 1.54) is 4.57 Å². The van der Waals surface area contributed by atoms with Crippen LogP contribution in [0.2, 0.25) is 0 Å². The van der Waals surface area contributed by atoms with Crippen molar-refractivity contribution in [2.24, 2.45) is 0 Å². The Balaban J connectivity index is 1.74. The van der Waals surface area contributed by atoms with Crippen LogP contribution in [0.5, 0.6) is 0 Å². The van der Waals surface area contributed by atoms with Gasteiger partial charge in [0.25, 0.3) is 5.56 Å². The molecular weight excluding hydrogens is 410 g/mol. The molecule has 0 aliphatic rings. The van der Waals surface area contributed by atoms with Gasteiger partial charge in [-0.1, -0.05) is 47.1 Å². The van der Waals surface area contributed by atoms with Crippen molar-refractivity contribution < 1.29 is 4.79 Å². The fourth-order valence-corrected chi connectivity index (χ4v) is 3.32. The standard InChI is InChI=1S/C20H20BrN3O3/c1-2-16(13-7-9-14(21)10-8-13)22-18(25)11-12-24-17-6-4-3-5-15(17)19(26)23-20(24)27/h3-10,16H,2,11-12H2,1H3,(H,22,25)(H,23,26,27). The van der Waals surface area contributed by atoms with Crippen molar-refractivity contribution in [3.8, 4) is 0 Å². The Morgan fingerprint density at radius 1 is 1.15 bits per heavy atom. The molecule has 0 bridgehead atoms. The van der Waals surface area contributed by atoms with Crippen LogP contribution in [0.1, 0.15) is 31.4 Å². The predicted molar refractivity (Wildman–Crippen MR) is 109 cm³/mol. The average molecular weight is 430 g/mol. The van der Waals surface area contributed by atoms with Crippen molar-refractivity contribution in [3.63, 3.8) is 0 Å². The maximum atomic E-state index is 12.4. The van der Waals surface area contributed by atoms with E-state index in [9.17, 15) is 14.4 Å². The lowest BCUT2D eigenvalue weighted by atomic mass is 10.0. The maximum Gasteiger partial charge on any atom is 0.328 e. The van der Waals surface area contributed by atoms with Crippen LogP contribution in [0.15, 0.2) is 62.6 Å². The number of aromatic amines is 1. The minimum Gasteiger partial charge on any atom is -0.349 e. The molecule has 2 aromatic carbocycles. The van der Waals surface area contributed by atoms with Gasteiger partial charge in [0, 0.05) is 17.4 Å². The van der Waals surface area contributed by atoms with Crippen LogP contribution in [0.4, 0.5) is 0 Å². The number of rotatable bonds is 6. The van der Waals surface area contributed by atoms with Gasteiger partial charge in [0.05, 0.1) is 16.9 Å². The Morgan fingerprint density at radius 3 is 2.56 bits per heavy atom. The van der Waals surface area contributed by atoms with E-state index < -0.39 is 11.2 Å². The lowest BCUT2D eigenvalue weighted by Crippen LogP contribution is -2.33. The molecule has 1 amide bonds. The van der Waals surface area contributed by atoms with Gasteiger partial charge in [0.2, 0.25) is 5.91 Å². The molecule has 0 spiro atoms. The molecular formula is C20H20BrN3O3. The first-order chi connectivity index (χ1) is 13.0. The Bertz CT molecular complexity index is 1070. The molecule has 1 aromatic heterocycles. The van der Waals surface area contributed by atoms with Gasteiger partial charge in [-0.3, -0.25) is 19.1 Å². The highest BCUT2D eigenvalue weighted by Crippen LogP contribution is 2.19. The van der Waals surface area contributed by atoms with Gasteiger partial charge in [-0.25, -0.2) is 4.79 Å². The molecule has 2 N–H and O–H groups in total. The van der Waals surface area contributed by atoms with Crippen LogP contribution >= 0.6 is 15.9 Å². The number of hydrogen-bond donors (Lipinski definition) is 2. The van der Waals surface area contributed by atoms with Crippen molar-refractivity contribution in [1.82, 2.24) is 14.9 Å². The number of hydrogen-bond acceptors (Lipinski definition) is 3. The quantitative estimate of drug-likeness (QED) is 0.631. The largest absolute Gasteiger partial charge is 0.349 e. The topological polar surface area (TPSA) is 84.0 Å². The SMILES string of the molecule is CCC(NC(=O)CCn1c(=O)[nH]c(=O)c2ccccc21)c1ccc(Br)cc1. The van der Waals surface area contributed by atoms with Gasteiger partial charge in [0.1, 0.15) is 0 Å². The fourth-order valence-electron chi connectivity index (χ4n) is 3.06. The van der Waals surface area contributed by atoms with Crippen LogP contribution < -0.4 is 16.6 Å². The van der Waals surface area contributed by atoms with E-state index in [0.717, 1.165) is 16.5 Å². The first-order valence-electron chi connectivity index (χ1n) is 8.76. The Labute approximate surface area is 164 Å². The zero-order chi connectivity index (χ0) is 19.4. The van der Waals surface area contributed by atoms with Gasteiger partial charge in [-0.2, -0.15) is 0 Å². The number of aromatic nitrogens is 2. The summed E-state index contributed by atoms with van der Waals surface area (Å²) in [6, 6.07) is 14.6. The third-order valence-electron chi connectivity index (χ3n) is 4.48. The average Bonchev–Trinajstić information content (AvgIpc) is 2.66. The van der Waals surface area contributed by atoms with E-state index in [2.05, 4.69) is 26.2 Å². The van der Waals surface area contributed by atoms with Crippen LogP contribution in [0.3, 0.4) is 0 Å². The molecule has 0 aliphatic heterocycles. The minimum absolute atomic E-state index is 0.0883. The first kappa shape index (κ1) is 19.1. The lowest BCUT2D eigenvalue weighted by Gasteiger charge is -2.18. The molecule has 27 heavy (non-hydrogen) atoms. The number of nitrogens with zero attached hydrogens (tertiary/aromatic N) is 1. The molecule has 1 unspecified atom stereocenters. The highest BCUT2D eigenvalue weighted by atomic mass is 79.9. The number of nitrogens with one attached hydrogen (secondary N) is 2. The number of para-hydroxylation sites is 1. The molecule has 0 saturated carbocycles. The summed E-state index contributed by atoms with van der Waals surface area (Å²) in [6.45, 7) is 2.20.